The molecule has 0 amide bonds. The van der Waals surface area contributed by atoms with Gasteiger partial charge in [-0.1, -0.05) is 43.2 Å². The van der Waals surface area contributed by atoms with Gasteiger partial charge in [-0.2, -0.15) is 0 Å². The van der Waals surface area contributed by atoms with Gasteiger partial charge >= 0.3 is 0 Å². The van der Waals surface area contributed by atoms with Crippen LogP contribution in [0, 0.1) is 5.92 Å². The number of rotatable bonds is 3. The molecule has 0 radical (unpaired) electrons. The van der Waals surface area contributed by atoms with Crippen LogP contribution in [0.25, 0.3) is 0 Å². The summed E-state index contributed by atoms with van der Waals surface area (Å²) in [6.07, 6.45) is 5.58. The summed E-state index contributed by atoms with van der Waals surface area (Å²) < 4.78 is 0. The predicted molar refractivity (Wildman–Crippen MR) is 65.1 cm³/mol. The number of hydrogen-bond acceptors (Lipinski definition) is 1. The van der Waals surface area contributed by atoms with E-state index in [2.05, 4.69) is 42.7 Å². The van der Waals surface area contributed by atoms with Gasteiger partial charge in [-0.3, -0.25) is 0 Å². The minimum absolute atomic E-state index is 0.785. The van der Waals surface area contributed by atoms with Crippen LogP contribution >= 0.6 is 0 Å². The van der Waals surface area contributed by atoms with Crippen LogP contribution in [-0.4, -0.2) is 13.6 Å². The Morgan fingerprint density at radius 2 is 1.87 bits per heavy atom. The molecule has 0 heterocycles. The second kappa shape index (κ2) is 5.32. The van der Waals surface area contributed by atoms with Gasteiger partial charge in [0.1, 0.15) is 0 Å². The van der Waals surface area contributed by atoms with Crippen LogP contribution < -0.4 is 5.32 Å². The highest BCUT2D eigenvalue weighted by molar-refractivity contribution is 5.20. The van der Waals surface area contributed by atoms with Crippen molar-refractivity contribution in [2.75, 3.05) is 13.6 Å². The van der Waals surface area contributed by atoms with Gasteiger partial charge in [0.2, 0.25) is 0 Å². The molecular formula is C14H21N. The molecule has 0 bridgehead atoms. The standard InChI is InChI=1S/C14H21N/c1-15-11-13-9-5-6-10-14(13)12-7-3-2-4-8-12/h2-4,7-8,13-15H,5-6,9-11H2,1H3. The van der Waals surface area contributed by atoms with Crippen molar-refractivity contribution in [3.05, 3.63) is 35.9 Å². The zero-order valence-electron chi connectivity index (χ0n) is 9.58. The first-order valence-corrected chi connectivity index (χ1v) is 6.11. The summed E-state index contributed by atoms with van der Waals surface area (Å²) in [6, 6.07) is 11.0. The molecule has 2 unspecified atom stereocenters. The van der Waals surface area contributed by atoms with Crippen LogP contribution in [0.3, 0.4) is 0 Å². The molecule has 1 aromatic rings. The van der Waals surface area contributed by atoms with E-state index < -0.39 is 0 Å². The molecular weight excluding hydrogens is 182 g/mol. The molecule has 1 aromatic carbocycles. The maximum Gasteiger partial charge on any atom is -0.00177 e. The first kappa shape index (κ1) is 10.7. The van der Waals surface area contributed by atoms with Crippen LogP contribution in [0.4, 0.5) is 0 Å². The molecule has 1 N–H and O–H groups in total. The fourth-order valence-electron chi connectivity index (χ4n) is 2.85. The molecule has 2 atom stereocenters. The summed E-state index contributed by atoms with van der Waals surface area (Å²) in [5.41, 5.74) is 1.54. The summed E-state index contributed by atoms with van der Waals surface area (Å²) in [5.74, 6) is 1.62. The van der Waals surface area contributed by atoms with Gasteiger partial charge < -0.3 is 5.32 Å². The molecule has 1 nitrogen and oxygen atoms in total. The average molecular weight is 203 g/mol. The number of hydrogen-bond donors (Lipinski definition) is 1. The fourth-order valence-corrected chi connectivity index (χ4v) is 2.85. The summed E-state index contributed by atoms with van der Waals surface area (Å²) >= 11 is 0. The van der Waals surface area contributed by atoms with E-state index in [9.17, 15) is 0 Å². The van der Waals surface area contributed by atoms with E-state index in [4.69, 9.17) is 0 Å². The molecule has 0 aliphatic heterocycles. The lowest BCUT2D eigenvalue weighted by Crippen LogP contribution is -2.27. The first-order chi connectivity index (χ1) is 7.42. The Morgan fingerprint density at radius 3 is 2.60 bits per heavy atom. The van der Waals surface area contributed by atoms with E-state index in [-0.39, 0.29) is 0 Å². The van der Waals surface area contributed by atoms with Crippen LogP contribution in [0.5, 0.6) is 0 Å². The van der Waals surface area contributed by atoms with Gasteiger partial charge in [0.15, 0.2) is 0 Å². The Balaban J connectivity index is 2.11. The molecule has 1 aliphatic carbocycles. The zero-order chi connectivity index (χ0) is 10.5. The Morgan fingerprint density at radius 1 is 1.13 bits per heavy atom. The van der Waals surface area contributed by atoms with Gasteiger partial charge in [0.05, 0.1) is 0 Å². The van der Waals surface area contributed by atoms with Gasteiger partial charge in [-0.15, -0.1) is 0 Å². The Hall–Kier alpha value is -0.820. The van der Waals surface area contributed by atoms with Crippen molar-refractivity contribution in [1.29, 1.82) is 0 Å². The average Bonchev–Trinajstić information content (AvgIpc) is 2.31. The molecule has 2 rings (SSSR count). The summed E-state index contributed by atoms with van der Waals surface area (Å²) in [4.78, 5) is 0. The maximum absolute atomic E-state index is 3.34. The van der Waals surface area contributed by atoms with Crippen LogP contribution in [0.2, 0.25) is 0 Å². The lowest BCUT2D eigenvalue weighted by Gasteiger charge is -2.31. The maximum atomic E-state index is 3.34. The highest BCUT2D eigenvalue weighted by atomic mass is 14.8. The normalized spacial score (nSPS) is 26.5. The molecule has 1 aliphatic rings. The molecule has 0 spiro atoms. The fraction of sp³-hybridized carbons (Fsp3) is 0.571. The van der Waals surface area contributed by atoms with Crippen molar-refractivity contribution < 1.29 is 0 Å². The molecule has 1 fully saturated rings. The van der Waals surface area contributed by atoms with E-state index in [1.54, 1.807) is 0 Å². The molecule has 15 heavy (non-hydrogen) atoms. The number of benzene rings is 1. The van der Waals surface area contributed by atoms with E-state index in [1.165, 1.54) is 37.8 Å². The smallest absolute Gasteiger partial charge is 0.00177 e. The third-order valence-electron chi connectivity index (χ3n) is 3.60. The van der Waals surface area contributed by atoms with Crippen molar-refractivity contribution in [3.63, 3.8) is 0 Å². The molecule has 1 saturated carbocycles. The molecule has 82 valence electrons. The monoisotopic (exact) mass is 203 g/mol. The van der Waals surface area contributed by atoms with Crippen molar-refractivity contribution >= 4 is 0 Å². The van der Waals surface area contributed by atoms with Gasteiger partial charge in [-0.25, -0.2) is 0 Å². The van der Waals surface area contributed by atoms with Gasteiger partial charge in [0.25, 0.3) is 0 Å². The molecule has 0 aromatic heterocycles. The predicted octanol–water partition coefficient (Wildman–Crippen LogP) is 3.18. The Kier molecular flexibility index (Phi) is 3.79. The van der Waals surface area contributed by atoms with E-state index in [1.807, 2.05) is 0 Å². The van der Waals surface area contributed by atoms with E-state index in [0.29, 0.717) is 0 Å². The van der Waals surface area contributed by atoms with Crippen molar-refractivity contribution in [2.24, 2.45) is 5.92 Å². The van der Waals surface area contributed by atoms with Crippen LogP contribution in [0.15, 0.2) is 30.3 Å². The minimum atomic E-state index is 0.785. The van der Waals surface area contributed by atoms with Crippen molar-refractivity contribution in [3.8, 4) is 0 Å². The second-order valence-electron chi connectivity index (χ2n) is 4.62. The highest BCUT2D eigenvalue weighted by Gasteiger charge is 2.25. The van der Waals surface area contributed by atoms with Crippen LogP contribution in [0.1, 0.15) is 37.2 Å². The van der Waals surface area contributed by atoms with Gasteiger partial charge in [0, 0.05) is 0 Å². The highest BCUT2D eigenvalue weighted by Crippen LogP contribution is 2.37. The van der Waals surface area contributed by atoms with Gasteiger partial charge in [-0.05, 0) is 43.8 Å². The van der Waals surface area contributed by atoms with Crippen molar-refractivity contribution in [2.45, 2.75) is 31.6 Å². The molecule has 1 heteroatoms. The lowest BCUT2D eigenvalue weighted by atomic mass is 9.75. The second-order valence-corrected chi connectivity index (χ2v) is 4.62. The quantitative estimate of drug-likeness (QED) is 0.795. The third kappa shape index (κ3) is 2.60. The molecule has 0 saturated heterocycles. The lowest BCUT2D eigenvalue weighted by molar-refractivity contribution is 0.301. The summed E-state index contributed by atoms with van der Waals surface area (Å²) in [5, 5.41) is 3.34. The Bertz CT molecular complexity index is 279. The van der Waals surface area contributed by atoms with Crippen LogP contribution in [-0.2, 0) is 0 Å². The summed E-state index contributed by atoms with van der Waals surface area (Å²) in [7, 11) is 2.07. The van der Waals surface area contributed by atoms with E-state index in [0.717, 1.165) is 11.8 Å². The topological polar surface area (TPSA) is 12.0 Å². The van der Waals surface area contributed by atoms with E-state index >= 15 is 0 Å². The number of nitrogens with one attached hydrogen (secondary N) is 1. The third-order valence-corrected chi connectivity index (χ3v) is 3.60. The largest absolute Gasteiger partial charge is 0.319 e. The zero-order valence-corrected chi connectivity index (χ0v) is 9.58. The minimum Gasteiger partial charge on any atom is -0.319 e. The van der Waals surface area contributed by atoms with Crippen molar-refractivity contribution in [1.82, 2.24) is 5.32 Å². The summed E-state index contributed by atoms with van der Waals surface area (Å²) in [6.45, 7) is 1.17. The Labute approximate surface area is 92.9 Å². The first-order valence-electron chi connectivity index (χ1n) is 6.11. The SMILES string of the molecule is CNCC1CCCCC1c1ccccc1.